The predicted octanol–water partition coefficient (Wildman–Crippen LogP) is 1.84. The predicted molar refractivity (Wildman–Crippen MR) is 65.4 cm³/mol. The van der Waals surface area contributed by atoms with Gasteiger partial charge in [-0.25, -0.2) is 13.1 Å². The van der Waals surface area contributed by atoms with Crippen LogP contribution in [0.3, 0.4) is 0 Å². The molecule has 0 saturated carbocycles. The molecule has 0 aliphatic heterocycles. The molecule has 1 aromatic heterocycles. The van der Waals surface area contributed by atoms with Crippen LogP contribution < -0.4 is 4.72 Å². The fourth-order valence-corrected chi connectivity index (χ4v) is 3.72. The van der Waals surface area contributed by atoms with Crippen molar-refractivity contribution in [1.82, 2.24) is 4.72 Å². The lowest BCUT2D eigenvalue weighted by atomic mass is 10.2. The van der Waals surface area contributed by atoms with Crippen LogP contribution in [0.1, 0.15) is 19.8 Å². The molecule has 0 saturated heterocycles. The van der Waals surface area contributed by atoms with Gasteiger partial charge in [-0.2, -0.15) is 0 Å². The second-order valence-corrected chi connectivity index (χ2v) is 7.16. The van der Waals surface area contributed by atoms with Crippen molar-refractivity contribution in [3.8, 4) is 0 Å². The van der Waals surface area contributed by atoms with E-state index in [9.17, 15) is 8.42 Å². The van der Waals surface area contributed by atoms with Crippen molar-refractivity contribution >= 4 is 33.0 Å². The van der Waals surface area contributed by atoms with Gasteiger partial charge in [0, 0.05) is 6.54 Å². The van der Waals surface area contributed by atoms with Crippen LogP contribution >= 0.6 is 22.9 Å². The molecule has 0 fully saturated rings. The smallest absolute Gasteiger partial charge is 0.250 e. The maximum absolute atomic E-state index is 11.7. The Kier molecular flexibility index (Phi) is 5.20. The summed E-state index contributed by atoms with van der Waals surface area (Å²) in [5.41, 5.74) is 0. The number of halogens is 1. The van der Waals surface area contributed by atoms with Crippen molar-refractivity contribution in [2.45, 2.75) is 30.1 Å². The summed E-state index contributed by atoms with van der Waals surface area (Å²) in [4.78, 5) is 0. The summed E-state index contributed by atoms with van der Waals surface area (Å²) < 4.78 is 26.5. The number of sulfonamides is 1. The molecule has 1 aromatic rings. The maximum atomic E-state index is 11.7. The molecule has 0 aliphatic carbocycles. The van der Waals surface area contributed by atoms with Crippen molar-refractivity contribution in [2.75, 3.05) is 6.54 Å². The van der Waals surface area contributed by atoms with Crippen LogP contribution in [0, 0.1) is 0 Å². The normalized spacial score (nSPS) is 13.9. The first kappa shape index (κ1) is 13.9. The van der Waals surface area contributed by atoms with Crippen molar-refractivity contribution < 1.29 is 13.5 Å². The van der Waals surface area contributed by atoms with Gasteiger partial charge >= 0.3 is 0 Å². The third-order valence-electron chi connectivity index (χ3n) is 1.90. The molecule has 0 amide bonds. The van der Waals surface area contributed by atoms with Gasteiger partial charge in [-0.3, -0.25) is 0 Å². The van der Waals surface area contributed by atoms with Crippen LogP contribution in [0.25, 0.3) is 0 Å². The van der Waals surface area contributed by atoms with Gasteiger partial charge in [0.25, 0.3) is 0 Å². The molecule has 0 bridgehead atoms. The minimum atomic E-state index is -3.43. The van der Waals surface area contributed by atoms with E-state index in [0.717, 1.165) is 11.3 Å². The highest BCUT2D eigenvalue weighted by molar-refractivity contribution is 7.91. The van der Waals surface area contributed by atoms with Crippen LogP contribution in [-0.4, -0.2) is 26.2 Å². The molecular weight excluding hydrogens is 270 g/mol. The summed E-state index contributed by atoms with van der Waals surface area (Å²) in [7, 11) is -3.43. The van der Waals surface area contributed by atoms with Gasteiger partial charge in [-0.05, 0) is 31.9 Å². The Bertz CT molecular complexity index is 428. The summed E-state index contributed by atoms with van der Waals surface area (Å²) in [5.74, 6) is 0. The zero-order chi connectivity index (χ0) is 12.2. The van der Waals surface area contributed by atoms with E-state index in [1.165, 1.54) is 6.07 Å². The number of aliphatic hydroxyl groups excluding tert-OH is 1. The summed E-state index contributed by atoms with van der Waals surface area (Å²) in [5, 5.41) is 9.01. The average molecular weight is 284 g/mol. The molecule has 0 aliphatic rings. The number of aliphatic hydroxyl groups is 1. The third kappa shape index (κ3) is 4.39. The second-order valence-electron chi connectivity index (χ2n) is 3.45. The zero-order valence-corrected chi connectivity index (χ0v) is 11.2. The number of thiophene rings is 1. The van der Waals surface area contributed by atoms with Crippen LogP contribution in [0.2, 0.25) is 4.34 Å². The van der Waals surface area contributed by atoms with Crippen molar-refractivity contribution in [1.29, 1.82) is 0 Å². The average Bonchev–Trinajstić information content (AvgIpc) is 2.60. The highest BCUT2D eigenvalue weighted by Crippen LogP contribution is 2.25. The quantitative estimate of drug-likeness (QED) is 0.783. The van der Waals surface area contributed by atoms with Gasteiger partial charge in [0.05, 0.1) is 10.4 Å². The zero-order valence-electron chi connectivity index (χ0n) is 8.81. The van der Waals surface area contributed by atoms with E-state index in [0.29, 0.717) is 23.7 Å². The maximum Gasteiger partial charge on any atom is 0.250 e. The molecule has 0 radical (unpaired) electrons. The first-order valence-corrected chi connectivity index (χ1v) is 7.52. The Labute approximate surface area is 104 Å². The van der Waals surface area contributed by atoms with Gasteiger partial charge in [0.15, 0.2) is 0 Å². The van der Waals surface area contributed by atoms with Crippen LogP contribution in [0.15, 0.2) is 16.3 Å². The minimum Gasteiger partial charge on any atom is -0.393 e. The standard InChI is InChI=1S/C9H14ClNO3S2/c1-7(12)3-2-6-11-16(13,14)9-5-4-8(10)15-9/h4-5,7,11-12H,2-3,6H2,1H3. The van der Waals surface area contributed by atoms with E-state index >= 15 is 0 Å². The number of rotatable bonds is 6. The molecular formula is C9H14ClNO3S2. The minimum absolute atomic E-state index is 0.217. The molecule has 16 heavy (non-hydrogen) atoms. The molecule has 0 aromatic carbocycles. The summed E-state index contributed by atoms with van der Waals surface area (Å²) in [6.45, 7) is 2.00. The van der Waals surface area contributed by atoms with E-state index in [1.54, 1.807) is 13.0 Å². The number of hydrogen-bond donors (Lipinski definition) is 2. The van der Waals surface area contributed by atoms with Crippen molar-refractivity contribution in [2.24, 2.45) is 0 Å². The number of nitrogens with one attached hydrogen (secondary N) is 1. The fraction of sp³-hybridized carbons (Fsp3) is 0.556. The lowest BCUT2D eigenvalue weighted by molar-refractivity contribution is 0.182. The van der Waals surface area contributed by atoms with Crippen molar-refractivity contribution in [3.63, 3.8) is 0 Å². The van der Waals surface area contributed by atoms with Crippen LogP contribution in [-0.2, 0) is 10.0 Å². The van der Waals surface area contributed by atoms with Gasteiger partial charge in [0.2, 0.25) is 10.0 Å². The first-order chi connectivity index (χ1) is 7.42. The van der Waals surface area contributed by atoms with E-state index in [2.05, 4.69) is 4.72 Å². The molecule has 7 heteroatoms. The Hall–Kier alpha value is -0.140. The SMILES string of the molecule is CC(O)CCCNS(=O)(=O)c1ccc(Cl)s1. The van der Waals surface area contributed by atoms with E-state index in [1.807, 2.05) is 0 Å². The Morgan fingerprint density at radius 2 is 2.25 bits per heavy atom. The Morgan fingerprint density at radius 3 is 2.75 bits per heavy atom. The lowest BCUT2D eigenvalue weighted by Crippen LogP contribution is -2.24. The highest BCUT2D eigenvalue weighted by Gasteiger charge is 2.15. The monoisotopic (exact) mass is 283 g/mol. The summed E-state index contributed by atoms with van der Waals surface area (Å²) >= 11 is 6.69. The van der Waals surface area contributed by atoms with E-state index in [4.69, 9.17) is 16.7 Å². The number of hydrogen-bond acceptors (Lipinski definition) is 4. The fourth-order valence-electron chi connectivity index (χ4n) is 1.12. The van der Waals surface area contributed by atoms with E-state index in [-0.39, 0.29) is 4.21 Å². The summed E-state index contributed by atoms with van der Waals surface area (Å²) in [6.07, 6.45) is 0.782. The molecule has 1 unspecified atom stereocenters. The van der Waals surface area contributed by atoms with E-state index < -0.39 is 16.1 Å². The van der Waals surface area contributed by atoms with Crippen molar-refractivity contribution in [3.05, 3.63) is 16.5 Å². The molecule has 1 heterocycles. The third-order valence-corrected chi connectivity index (χ3v) is 5.09. The molecule has 0 spiro atoms. The Balaban J connectivity index is 2.47. The van der Waals surface area contributed by atoms with Gasteiger partial charge in [-0.15, -0.1) is 11.3 Å². The molecule has 1 atom stereocenters. The topological polar surface area (TPSA) is 66.4 Å². The first-order valence-electron chi connectivity index (χ1n) is 4.85. The molecule has 4 nitrogen and oxygen atoms in total. The Morgan fingerprint density at radius 1 is 1.56 bits per heavy atom. The molecule has 2 N–H and O–H groups in total. The largest absolute Gasteiger partial charge is 0.393 e. The lowest BCUT2D eigenvalue weighted by Gasteiger charge is -2.05. The summed E-state index contributed by atoms with van der Waals surface area (Å²) in [6, 6.07) is 3.03. The second kappa shape index (κ2) is 5.97. The van der Waals surface area contributed by atoms with Crippen LogP contribution in [0.5, 0.6) is 0 Å². The molecule has 92 valence electrons. The van der Waals surface area contributed by atoms with Gasteiger partial charge in [-0.1, -0.05) is 11.6 Å². The van der Waals surface area contributed by atoms with Gasteiger partial charge in [0.1, 0.15) is 4.21 Å². The highest BCUT2D eigenvalue weighted by atomic mass is 35.5. The van der Waals surface area contributed by atoms with Gasteiger partial charge < -0.3 is 5.11 Å². The van der Waals surface area contributed by atoms with Crippen LogP contribution in [0.4, 0.5) is 0 Å². The molecule has 1 rings (SSSR count).